The summed E-state index contributed by atoms with van der Waals surface area (Å²) in [6.45, 7) is 2.29. The highest BCUT2D eigenvalue weighted by atomic mass is 79.9. The summed E-state index contributed by atoms with van der Waals surface area (Å²) >= 11 is 9.86. The van der Waals surface area contributed by atoms with Gasteiger partial charge in [-0.2, -0.15) is 0 Å². The highest BCUT2D eigenvalue weighted by Crippen LogP contribution is 2.47. The van der Waals surface area contributed by atoms with Gasteiger partial charge in [0.2, 0.25) is 11.8 Å². The van der Waals surface area contributed by atoms with Crippen molar-refractivity contribution in [3.05, 3.63) is 19.0 Å². The molecule has 9 nitrogen and oxygen atoms in total. The van der Waals surface area contributed by atoms with Gasteiger partial charge < -0.3 is 19.5 Å². The lowest BCUT2D eigenvalue weighted by molar-refractivity contribution is -0.116. The average molecular weight is 608 g/mol. The Kier molecular flexibility index (Phi) is 9.06. The zero-order valence-electron chi connectivity index (χ0n) is 15.0. The van der Waals surface area contributed by atoms with Gasteiger partial charge in [0.15, 0.2) is 0 Å². The van der Waals surface area contributed by atoms with E-state index in [9.17, 15) is 27.4 Å². The molecule has 1 rings (SSSR count). The van der Waals surface area contributed by atoms with Crippen LogP contribution in [0.25, 0.3) is 0 Å². The molecule has 0 aliphatic heterocycles. The number of carbonyl (C=O) groups is 3. The Morgan fingerprint density at radius 1 is 1.11 bits per heavy atom. The van der Waals surface area contributed by atoms with Crippen molar-refractivity contribution in [1.82, 2.24) is 0 Å². The molecule has 2 amide bonds. The van der Waals surface area contributed by atoms with Crippen molar-refractivity contribution >= 4 is 87.1 Å². The van der Waals surface area contributed by atoms with Crippen LogP contribution in [-0.4, -0.2) is 50.2 Å². The number of hydrogen-bond acceptors (Lipinski definition) is 7. The van der Waals surface area contributed by atoms with Crippen LogP contribution in [0.4, 0.5) is 11.4 Å². The molecule has 28 heavy (non-hydrogen) atoms. The second kappa shape index (κ2) is 10.1. The van der Waals surface area contributed by atoms with Crippen LogP contribution >= 0.6 is 47.8 Å². The van der Waals surface area contributed by atoms with E-state index in [0.717, 1.165) is 0 Å². The minimum absolute atomic E-state index is 0.0277. The summed E-state index contributed by atoms with van der Waals surface area (Å²) in [6.07, 6.45) is -0.165. The normalized spacial score (nSPS) is 11.1. The molecular weight excluding hydrogens is 592 g/mol. The second-order valence-corrected chi connectivity index (χ2v) is 9.45. The number of esters is 1. The fourth-order valence-electron chi connectivity index (χ4n) is 2.04. The third-order valence-corrected chi connectivity index (χ3v) is 6.50. The van der Waals surface area contributed by atoms with Crippen molar-refractivity contribution < 1.29 is 32.1 Å². The van der Waals surface area contributed by atoms with Gasteiger partial charge in [0.05, 0.1) is 47.1 Å². The van der Waals surface area contributed by atoms with Crippen LogP contribution in [0, 0.1) is 0 Å². The number of nitrogens with zero attached hydrogens (tertiary/aromatic N) is 1. The number of halogens is 3. The van der Waals surface area contributed by atoms with Crippen molar-refractivity contribution in [2.75, 3.05) is 29.6 Å². The standard InChI is InChI=1S/C15H17Br3N2O7S/c1-7(21)19-13-10(16)9(15(23)27-5-4-6-28(24,25)26)11(17)14(12(13)18)20(3)8(2)22/h4-6H2,1-3H3,(H,19,21)(H,24,25,26)/p-1. The number of amides is 2. The molecular formula is C15H16Br3N2O7S-. The Bertz CT molecular complexity index is 919. The quantitative estimate of drug-likeness (QED) is 0.286. The van der Waals surface area contributed by atoms with E-state index in [4.69, 9.17) is 4.74 Å². The van der Waals surface area contributed by atoms with Gasteiger partial charge in [-0.1, -0.05) is 0 Å². The maximum absolute atomic E-state index is 12.6. The number of benzene rings is 1. The summed E-state index contributed by atoms with van der Waals surface area (Å²) in [5.74, 6) is -2.27. The van der Waals surface area contributed by atoms with Crippen molar-refractivity contribution in [3.8, 4) is 0 Å². The molecule has 0 atom stereocenters. The molecule has 0 aliphatic rings. The van der Waals surface area contributed by atoms with E-state index in [-0.39, 0.29) is 44.8 Å². The van der Waals surface area contributed by atoms with E-state index >= 15 is 0 Å². The summed E-state index contributed by atoms with van der Waals surface area (Å²) < 4.78 is 37.7. The van der Waals surface area contributed by atoms with E-state index in [1.54, 1.807) is 0 Å². The molecule has 1 aromatic carbocycles. The van der Waals surface area contributed by atoms with Gasteiger partial charge in [-0.25, -0.2) is 13.2 Å². The number of anilines is 2. The number of nitrogens with one attached hydrogen (secondary N) is 1. The summed E-state index contributed by atoms with van der Waals surface area (Å²) in [6, 6.07) is 0. The maximum Gasteiger partial charge on any atom is 0.340 e. The Morgan fingerprint density at radius 2 is 1.68 bits per heavy atom. The van der Waals surface area contributed by atoms with Gasteiger partial charge in [-0.05, 0) is 54.2 Å². The molecule has 0 unspecified atom stereocenters. The Balaban J connectivity index is 3.39. The lowest BCUT2D eigenvalue weighted by atomic mass is 10.1. The molecule has 0 saturated heterocycles. The van der Waals surface area contributed by atoms with Crippen LogP contribution in [0.1, 0.15) is 30.6 Å². The second-order valence-electron chi connectivity index (χ2n) is 5.55. The van der Waals surface area contributed by atoms with Gasteiger partial charge in [-0.3, -0.25) is 9.59 Å². The van der Waals surface area contributed by atoms with Gasteiger partial charge in [0.25, 0.3) is 0 Å². The van der Waals surface area contributed by atoms with E-state index in [0.29, 0.717) is 4.47 Å². The Morgan fingerprint density at radius 3 is 2.14 bits per heavy atom. The lowest BCUT2D eigenvalue weighted by Crippen LogP contribution is -2.25. The Hall–Kier alpha value is -1.02. The molecule has 0 aliphatic carbocycles. The average Bonchev–Trinajstić information content (AvgIpc) is 2.54. The third-order valence-electron chi connectivity index (χ3n) is 3.38. The summed E-state index contributed by atoms with van der Waals surface area (Å²) in [4.78, 5) is 37.2. The zero-order valence-corrected chi connectivity index (χ0v) is 20.5. The number of rotatable bonds is 7. The van der Waals surface area contributed by atoms with Crippen LogP contribution in [-0.2, 0) is 24.4 Å². The fraction of sp³-hybridized carbons (Fsp3) is 0.400. The van der Waals surface area contributed by atoms with Crippen LogP contribution in [0.2, 0.25) is 0 Å². The zero-order chi connectivity index (χ0) is 21.8. The minimum Gasteiger partial charge on any atom is -0.748 e. The molecule has 1 N–H and O–H groups in total. The molecule has 0 aromatic heterocycles. The lowest BCUT2D eigenvalue weighted by Gasteiger charge is -2.24. The van der Waals surface area contributed by atoms with Gasteiger partial charge in [-0.15, -0.1) is 0 Å². The first-order valence-corrected chi connectivity index (χ1v) is 11.6. The van der Waals surface area contributed by atoms with E-state index in [2.05, 4.69) is 53.1 Å². The highest BCUT2D eigenvalue weighted by Gasteiger charge is 2.28. The highest BCUT2D eigenvalue weighted by molar-refractivity contribution is 9.12. The fourth-order valence-corrected chi connectivity index (χ4v) is 5.55. The van der Waals surface area contributed by atoms with Crippen molar-refractivity contribution in [2.24, 2.45) is 0 Å². The summed E-state index contributed by atoms with van der Waals surface area (Å²) in [7, 11) is -2.93. The molecule has 0 spiro atoms. The first-order chi connectivity index (χ1) is 12.8. The smallest absolute Gasteiger partial charge is 0.340 e. The predicted octanol–water partition coefficient (Wildman–Crippen LogP) is 3.01. The number of hydrogen-bond donors (Lipinski definition) is 1. The topological polar surface area (TPSA) is 133 Å². The number of ether oxygens (including phenoxy) is 1. The van der Waals surface area contributed by atoms with Gasteiger partial charge in [0.1, 0.15) is 0 Å². The molecule has 0 bridgehead atoms. The molecule has 0 radical (unpaired) electrons. The maximum atomic E-state index is 12.6. The van der Waals surface area contributed by atoms with Crippen molar-refractivity contribution in [1.29, 1.82) is 0 Å². The molecule has 0 heterocycles. The van der Waals surface area contributed by atoms with Gasteiger partial charge in [0, 0.05) is 26.6 Å². The monoisotopic (exact) mass is 605 g/mol. The molecule has 1 aromatic rings. The van der Waals surface area contributed by atoms with E-state index in [1.165, 1.54) is 25.8 Å². The van der Waals surface area contributed by atoms with Crippen molar-refractivity contribution in [3.63, 3.8) is 0 Å². The molecule has 13 heteroatoms. The molecule has 156 valence electrons. The van der Waals surface area contributed by atoms with Crippen LogP contribution in [0.5, 0.6) is 0 Å². The van der Waals surface area contributed by atoms with Gasteiger partial charge >= 0.3 is 5.97 Å². The number of carbonyl (C=O) groups excluding carboxylic acids is 3. The molecule has 0 saturated carbocycles. The minimum atomic E-state index is -4.41. The van der Waals surface area contributed by atoms with E-state index < -0.39 is 27.7 Å². The largest absolute Gasteiger partial charge is 0.748 e. The van der Waals surface area contributed by atoms with E-state index in [1.807, 2.05) is 0 Å². The van der Waals surface area contributed by atoms with Crippen LogP contribution < -0.4 is 10.2 Å². The molecule has 0 fully saturated rings. The third kappa shape index (κ3) is 6.51. The summed E-state index contributed by atoms with van der Waals surface area (Å²) in [5.41, 5.74) is 0.446. The first kappa shape index (κ1) is 25.0. The first-order valence-electron chi connectivity index (χ1n) is 7.61. The summed E-state index contributed by atoms with van der Waals surface area (Å²) in [5, 5.41) is 2.57. The Labute approximate surface area is 187 Å². The van der Waals surface area contributed by atoms with Crippen molar-refractivity contribution in [2.45, 2.75) is 20.3 Å². The SMILES string of the molecule is CC(=O)Nc1c(Br)c(C(=O)OCCCS(=O)(=O)[O-])c(Br)c(N(C)C(C)=O)c1Br. The van der Waals surface area contributed by atoms with Crippen LogP contribution in [0.15, 0.2) is 13.4 Å². The van der Waals surface area contributed by atoms with Crippen LogP contribution in [0.3, 0.4) is 0 Å². The predicted molar refractivity (Wildman–Crippen MR) is 112 cm³/mol.